The van der Waals surface area contributed by atoms with Gasteiger partial charge in [0, 0.05) is 38.2 Å². The molecule has 2 fully saturated rings. The Bertz CT molecular complexity index is 1930. The molecule has 16 heteroatoms. The van der Waals surface area contributed by atoms with E-state index in [0.717, 1.165) is 62.1 Å². The number of aliphatic hydroxyl groups is 1. The van der Waals surface area contributed by atoms with Crippen molar-refractivity contribution in [3.05, 3.63) is 38.9 Å². The second-order valence-corrected chi connectivity index (χ2v) is 16.6. The quantitative estimate of drug-likeness (QED) is 0.106. The van der Waals surface area contributed by atoms with Gasteiger partial charge >= 0.3 is 7.12 Å². The molecule has 2 atom stereocenters. The Balaban J connectivity index is 1.30. The lowest BCUT2D eigenvalue weighted by molar-refractivity contribution is -0.0367. The van der Waals surface area contributed by atoms with Gasteiger partial charge in [0.2, 0.25) is 11.8 Å². The summed E-state index contributed by atoms with van der Waals surface area (Å²) < 4.78 is 37.8. The summed E-state index contributed by atoms with van der Waals surface area (Å²) in [6, 6.07) is 2.29. The van der Waals surface area contributed by atoms with Gasteiger partial charge in [0.05, 0.1) is 74.6 Å². The van der Waals surface area contributed by atoms with Crippen molar-refractivity contribution in [3.8, 4) is 23.0 Å². The number of halogens is 1. The molecular weight excluding hydrogens is 802 g/mol. The van der Waals surface area contributed by atoms with Crippen LogP contribution in [-0.4, -0.2) is 101 Å². The van der Waals surface area contributed by atoms with Gasteiger partial charge in [-0.2, -0.15) is 10.2 Å². The van der Waals surface area contributed by atoms with E-state index in [0.29, 0.717) is 44.6 Å². The first-order chi connectivity index (χ1) is 25.6. The number of aryl methyl sites for hydroxylation is 2. The maximum absolute atomic E-state index is 9.74. The Labute approximate surface area is 332 Å². The summed E-state index contributed by atoms with van der Waals surface area (Å²) in [5, 5.41) is 25.2. The Morgan fingerprint density at radius 1 is 1.13 bits per heavy atom. The van der Waals surface area contributed by atoms with Crippen LogP contribution in [0, 0.1) is 10.5 Å². The van der Waals surface area contributed by atoms with E-state index in [2.05, 4.69) is 59.4 Å². The zero-order chi connectivity index (χ0) is 38.9. The summed E-state index contributed by atoms with van der Waals surface area (Å²) >= 11 is 2.30. The highest BCUT2D eigenvalue weighted by Gasteiger charge is 2.50. The lowest BCUT2D eigenvalue weighted by Crippen LogP contribution is -2.41. The molecule has 6 rings (SSSR count). The second-order valence-electron chi connectivity index (χ2n) is 15.5. The van der Waals surface area contributed by atoms with Gasteiger partial charge in [-0.15, -0.1) is 5.10 Å². The summed E-state index contributed by atoms with van der Waals surface area (Å²) in [4.78, 5) is 7.33. The van der Waals surface area contributed by atoms with Crippen LogP contribution in [0.3, 0.4) is 0 Å². The molecule has 54 heavy (non-hydrogen) atoms. The smallest absolute Gasteiger partial charge is 0.476 e. The highest BCUT2D eigenvalue weighted by Crippen LogP contribution is 2.39. The largest absolute Gasteiger partial charge is 0.487 e. The van der Waals surface area contributed by atoms with Crippen LogP contribution >= 0.6 is 22.6 Å². The molecule has 6 heterocycles. The molecule has 1 N–H and O–H groups in total. The molecule has 2 aliphatic rings. The summed E-state index contributed by atoms with van der Waals surface area (Å²) in [5.74, 6) is 3.18. The normalized spacial score (nSPS) is 19.2. The highest BCUT2D eigenvalue weighted by molar-refractivity contribution is 14.1. The van der Waals surface area contributed by atoms with Gasteiger partial charge < -0.3 is 28.6 Å². The average molecular weight is 859 g/mol. The fourth-order valence-corrected chi connectivity index (χ4v) is 7.69. The monoisotopic (exact) mass is 858 g/mol. The number of hydrogen-bond donors (Lipinski definition) is 1. The topological polar surface area (TPSA) is 136 Å². The summed E-state index contributed by atoms with van der Waals surface area (Å²) in [6.45, 7) is 21.4. The van der Waals surface area contributed by atoms with E-state index in [-0.39, 0.29) is 25.0 Å². The Morgan fingerprint density at radius 3 is 2.52 bits per heavy atom. The minimum absolute atomic E-state index is 0.00702. The third-order valence-corrected chi connectivity index (χ3v) is 11.7. The van der Waals surface area contributed by atoms with Crippen molar-refractivity contribution in [1.29, 1.82) is 0 Å². The number of pyridine rings is 1. The molecule has 0 amide bonds. The predicted molar refractivity (Wildman–Crippen MR) is 217 cm³/mol. The van der Waals surface area contributed by atoms with E-state index in [9.17, 15) is 5.11 Å². The Kier molecular flexibility index (Phi) is 12.5. The predicted octanol–water partition coefficient (Wildman–Crippen LogP) is 6.35. The van der Waals surface area contributed by atoms with Crippen molar-refractivity contribution in [3.63, 3.8) is 0 Å². The maximum atomic E-state index is 9.74. The van der Waals surface area contributed by atoms with Crippen LogP contribution in [0.4, 0.5) is 0 Å². The van der Waals surface area contributed by atoms with E-state index < -0.39 is 18.3 Å². The number of aliphatic hydroxyl groups excluding tert-OH is 1. The van der Waals surface area contributed by atoms with E-state index in [1.807, 2.05) is 76.2 Å². The molecular formula is C38H56BIN8O6. The zero-order valence-corrected chi connectivity index (χ0v) is 35.6. The van der Waals surface area contributed by atoms with Crippen LogP contribution in [0.15, 0.2) is 18.2 Å². The molecule has 0 aliphatic carbocycles. The third-order valence-electron chi connectivity index (χ3n) is 10.6. The van der Waals surface area contributed by atoms with Crippen LogP contribution in [0.2, 0.25) is 0 Å². The van der Waals surface area contributed by atoms with Crippen molar-refractivity contribution < 1.29 is 28.6 Å². The van der Waals surface area contributed by atoms with Gasteiger partial charge in [0.15, 0.2) is 6.23 Å². The molecule has 294 valence electrons. The molecule has 4 aromatic heterocycles. The first-order valence-electron chi connectivity index (χ1n) is 19.1. The van der Waals surface area contributed by atoms with Crippen LogP contribution in [0.5, 0.6) is 11.8 Å². The molecule has 2 saturated heterocycles. The van der Waals surface area contributed by atoms with Gasteiger partial charge in [-0.05, 0) is 116 Å². The number of rotatable bonds is 15. The summed E-state index contributed by atoms with van der Waals surface area (Å²) in [7, 11) is 1.40. The fourth-order valence-electron chi connectivity index (χ4n) is 6.98. The molecule has 14 nitrogen and oxygen atoms in total. The van der Waals surface area contributed by atoms with Crippen molar-refractivity contribution in [2.75, 3.05) is 26.4 Å². The molecule has 0 bridgehead atoms. The van der Waals surface area contributed by atoms with Crippen molar-refractivity contribution in [2.45, 2.75) is 124 Å². The summed E-state index contributed by atoms with van der Waals surface area (Å²) in [6.07, 6.45) is 6.52. The zero-order valence-electron chi connectivity index (χ0n) is 33.4. The number of ether oxygens (including phenoxy) is 3. The minimum Gasteiger partial charge on any atom is -0.476 e. The van der Waals surface area contributed by atoms with Gasteiger partial charge in [0.1, 0.15) is 6.10 Å². The second kappa shape index (κ2) is 16.6. The average Bonchev–Trinajstić information content (AvgIpc) is 3.78. The van der Waals surface area contributed by atoms with Crippen LogP contribution in [0.25, 0.3) is 28.2 Å². The van der Waals surface area contributed by atoms with E-state index in [1.165, 1.54) is 0 Å². The van der Waals surface area contributed by atoms with Crippen LogP contribution < -0.4 is 9.47 Å². The van der Waals surface area contributed by atoms with Gasteiger partial charge in [0.25, 0.3) is 0 Å². The van der Waals surface area contributed by atoms with Gasteiger partial charge in [-0.3, -0.25) is 14.6 Å². The third kappa shape index (κ3) is 8.38. The van der Waals surface area contributed by atoms with Crippen LogP contribution in [0.1, 0.15) is 98.0 Å². The molecule has 0 radical (unpaired) electrons. The number of aromatic nitrogens is 7. The van der Waals surface area contributed by atoms with Crippen LogP contribution in [-0.2, 0) is 34.2 Å². The molecule has 1 unspecified atom stereocenters. The number of fused-ring (bicyclic) bond motifs is 1. The maximum Gasteiger partial charge on any atom is 0.487 e. The van der Waals surface area contributed by atoms with E-state index >= 15 is 0 Å². The van der Waals surface area contributed by atoms with Crippen molar-refractivity contribution >= 4 is 46.7 Å². The Morgan fingerprint density at radius 2 is 1.87 bits per heavy atom. The Hall–Kier alpha value is -3.03. The SMILES string of the molecule is CCOc1nn(CCO)c(CN(C[C@H](C)Oc2c(-c3cc4c(/C=C/B5OC(C)(C)C(C)(C)O5)nn(C5CCCCO5)c4cn3)c(C)nn2C)C(C)C)c1I. The van der Waals surface area contributed by atoms with Crippen molar-refractivity contribution in [1.82, 2.24) is 39.2 Å². The van der Waals surface area contributed by atoms with Gasteiger partial charge in [-0.1, -0.05) is 5.98 Å². The fraction of sp³-hybridized carbons (Fsp3) is 0.632. The van der Waals surface area contributed by atoms with Crippen molar-refractivity contribution in [2.24, 2.45) is 7.05 Å². The highest BCUT2D eigenvalue weighted by atomic mass is 127. The lowest BCUT2D eigenvalue weighted by Gasteiger charge is -2.32. The molecule has 2 aliphatic heterocycles. The molecule has 0 aromatic carbocycles. The minimum atomic E-state index is -0.500. The van der Waals surface area contributed by atoms with Gasteiger partial charge in [-0.25, -0.2) is 9.36 Å². The molecule has 0 spiro atoms. The first-order valence-corrected chi connectivity index (χ1v) is 20.2. The number of hydrogen-bond acceptors (Lipinski definition) is 11. The first kappa shape index (κ1) is 40.6. The summed E-state index contributed by atoms with van der Waals surface area (Å²) in [5.41, 5.74) is 4.20. The lowest BCUT2D eigenvalue weighted by atomic mass is 9.89. The number of nitrogens with zero attached hydrogens (tertiary/aromatic N) is 8. The van der Waals surface area contributed by atoms with E-state index in [1.54, 1.807) is 4.68 Å². The van der Waals surface area contributed by atoms with E-state index in [4.69, 9.17) is 38.7 Å². The standard InChI is InChI=1S/C38H56BIN8O6/c1-11-50-35-34(40)31(47(44-35)17-18-49)23-46(24(2)3)22-25(4)52-36-33(26(5)42-45(36)10)29-20-27-28(15-16-39-53-37(6,7)38(8,9)54-39)43-48(30(27)21-41-29)32-14-12-13-19-51-32/h15-16,20-21,24-25,32,49H,11-14,17-19,22-23H2,1-10H3/b16-15+/t25-,32?/m0/s1. The molecule has 4 aromatic rings. The molecule has 0 saturated carbocycles.